The molecule has 1 aliphatic carbocycles. The van der Waals surface area contributed by atoms with Crippen LogP contribution in [0.3, 0.4) is 0 Å². The molecule has 1 nitrogen and oxygen atoms in total. The largest absolute Gasteiger partial charge is 0.488 e. The second-order valence-corrected chi connectivity index (χ2v) is 5.48. The van der Waals surface area contributed by atoms with Crippen molar-refractivity contribution < 1.29 is 4.74 Å². The van der Waals surface area contributed by atoms with Crippen molar-refractivity contribution in [3.63, 3.8) is 0 Å². The molecule has 0 radical (unpaired) electrons. The van der Waals surface area contributed by atoms with Gasteiger partial charge in [0.05, 0.1) is 0 Å². The van der Waals surface area contributed by atoms with Gasteiger partial charge in [-0.05, 0) is 56.2 Å². The highest BCUT2D eigenvalue weighted by atomic mass is 16.5. The van der Waals surface area contributed by atoms with Gasteiger partial charge in [0, 0.05) is 0 Å². The van der Waals surface area contributed by atoms with Crippen molar-refractivity contribution in [2.45, 2.75) is 58.0 Å². The van der Waals surface area contributed by atoms with Crippen molar-refractivity contribution in [1.82, 2.24) is 0 Å². The molecule has 0 heterocycles. The minimum atomic E-state index is 0.0827. The van der Waals surface area contributed by atoms with Gasteiger partial charge in [-0.25, -0.2) is 0 Å². The van der Waals surface area contributed by atoms with Gasteiger partial charge in [-0.3, -0.25) is 0 Å². The van der Waals surface area contributed by atoms with Crippen LogP contribution in [0.1, 0.15) is 57.9 Å². The van der Waals surface area contributed by atoms with Gasteiger partial charge in [0.1, 0.15) is 11.4 Å². The molecule has 2 rings (SSSR count). The summed E-state index contributed by atoms with van der Waals surface area (Å²) >= 11 is 0. The Morgan fingerprint density at radius 2 is 1.62 bits per heavy atom. The monoisotopic (exact) mass is 218 g/mol. The van der Waals surface area contributed by atoms with E-state index in [0.717, 1.165) is 5.75 Å². The standard InChI is InChI=1S/C15H22O/c1-12(2)13-6-8-14(9-7-13)16-15(3)10-4-5-11-15/h6-9,12H,4-5,10-11H2,1-3H3. The lowest BCUT2D eigenvalue weighted by atomic mass is 10.0. The van der Waals surface area contributed by atoms with Crippen LogP contribution in [-0.4, -0.2) is 5.60 Å². The molecule has 0 spiro atoms. The summed E-state index contributed by atoms with van der Waals surface area (Å²) in [6, 6.07) is 8.58. The van der Waals surface area contributed by atoms with Crippen LogP contribution >= 0.6 is 0 Å². The maximum atomic E-state index is 6.10. The van der Waals surface area contributed by atoms with E-state index in [4.69, 9.17) is 4.74 Å². The van der Waals surface area contributed by atoms with Crippen molar-refractivity contribution in [2.24, 2.45) is 0 Å². The molecule has 1 aliphatic rings. The Bertz CT molecular complexity index is 331. The summed E-state index contributed by atoms with van der Waals surface area (Å²) in [4.78, 5) is 0. The van der Waals surface area contributed by atoms with E-state index in [2.05, 4.69) is 45.0 Å². The zero-order chi connectivity index (χ0) is 11.6. The van der Waals surface area contributed by atoms with Crippen molar-refractivity contribution >= 4 is 0 Å². The van der Waals surface area contributed by atoms with Crippen LogP contribution in [-0.2, 0) is 0 Å². The van der Waals surface area contributed by atoms with Crippen molar-refractivity contribution in [2.75, 3.05) is 0 Å². The van der Waals surface area contributed by atoms with E-state index in [0.29, 0.717) is 5.92 Å². The lowest BCUT2D eigenvalue weighted by Gasteiger charge is -2.25. The Balaban J connectivity index is 2.05. The van der Waals surface area contributed by atoms with Crippen molar-refractivity contribution in [1.29, 1.82) is 0 Å². The zero-order valence-electron chi connectivity index (χ0n) is 10.6. The maximum absolute atomic E-state index is 6.10. The van der Waals surface area contributed by atoms with E-state index in [1.165, 1.54) is 31.2 Å². The molecular formula is C15H22O. The van der Waals surface area contributed by atoms with Gasteiger partial charge >= 0.3 is 0 Å². The molecule has 88 valence electrons. The smallest absolute Gasteiger partial charge is 0.120 e. The van der Waals surface area contributed by atoms with Crippen molar-refractivity contribution in [3.05, 3.63) is 29.8 Å². The molecule has 1 fully saturated rings. The molecule has 16 heavy (non-hydrogen) atoms. The third-order valence-corrected chi connectivity index (χ3v) is 3.57. The zero-order valence-corrected chi connectivity index (χ0v) is 10.6. The summed E-state index contributed by atoms with van der Waals surface area (Å²) in [6.45, 7) is 6.67. The lowest BCUT2D eigenvalue weighted by Crippen LogP contribution is -2.27. The van der Waals surface area contributed by atoms with Crippen LogP contribution < -0.4 is 4.74 Å². The fraction of sp³-hybridized carbons (Fsp3) is 0.600. The number of hydrogen-bond acceptors (Lipinski definition) is 1. The van der Waals surface area contributed by atoms with Crippen LogP contribution in [0.15, 0.2) is 24.3 Å². The molecule has 0 aromatic heterocycles. The molecule has 1 saturated carbocycles. The number of hydrogen-bond donors (Lipinski definition) is 0. The molecule has 0 aliphatic heterocycles. The first-order valence-electron chi connectivity index (χ1n) is 6.38. The average molecular weight is 218 g/mol. The molecule has 0 bridgehead atoms. The Labute approximate surface area is 98.8 Å². The Morgan fingerprint density at radius 3 is 2.12 bits per heavy atom. The fourth-order valence-electron chi connectivity index (χ4n) is 2.43. The molecular weight excluding hydrogens is 196 g/mol. The molecule has 0 atom stereocenters. The summed E-state index contributed by atoms with van der Waals surface area (Å²) in [7, 11) is 0. The minimum Gasteiger partial charge on any atom is -0.488 e. The molecule has 1 aromatic carbocycles. The molecule has 0 N–H and O–H groups in total. The maximum Gasteiger partial charge on any atom is 0.120 e. The predicted molar refractivity (Wildman–Crippen MR) is 68.0 cm³/mol. The van der Waals surface area contributed by atoms with Gasteiger partial charge in [-0.1, -0.05) is 26.0 Å². The first-order chi connectivity index (χ1) is 7.59. The van der Waals surface area contributed by atoms with Crippen LogP contribution in [0.5, 0.6) is 5.75 Å². The first-order valence-corrected chi connectivity index (χ1v) is 6.38. The van der Waals surface area contributed by atoms with Gasteiger partial charge < -0.3 is 4.74 Å². The SMILES string of the molecule is CC(C)c1ccc(OC2(C)CCCC2)cc1. The molecule has 1 heteroatoms. The predicted octanol–water partition coefficient (Wildman–Crippen LogP) is 4.52. The Hall–Kier alpha value is -0.980. The van der Waals surface area contributed by atoms with E-state index < -0.39 is 0 Å². The molecule has 0 unspecified atom stereocenters. The van der Waals surface area contributed by atoms with Gasteiger partial charge in [0.25, 0.3) is 0 Å². The van der Waals surface area contributed by atoms with Crippen LogP contribution in [0.25, 0.3) is 0 Å². The van der Waals surface area contributed by atoms with Crippen LogP contribution in [0, 0.1) is 0 Å². The molecule has 0 saturated heterocycles. The minimum absolute atomic E-state index is 0.0827. The highest BCUT2D eigenvalue weighted by Crippen LogP contribution is 2.34. The van der Waals surface area contributed by atoms with E-state index in [9.17, 15) is 0 Å². The summed E-state index contributed by atoms with van der Waals surface area (Å²) < 4.78 is 6.10. The van der Waals surface area contributed by atoms with Gasteiger partial charge in [0.15, 0.2) is 0 Å². The molecule has 0 amide bonds. The summed E-state index contributed by atoms with van der Waals surface area (Å²) in [5.74, 6) is 1.62. The van der Waals surface area contributed by atoms with E-state index >= 15 is 0 Å². The quantitative estimate of drug-likeness (QED) is 0.724. The van der Waals surface area contributed by atoms with Gasteiger partial charge in [0.2, 0.25) is 0 Å². The summed E-state index contributed by atoms with van der Waals surface area (Å²) in [5, 5.41) is 0. The Kier molecular flexibility index (Phi) is 3.22. The number of benzene rings is 1. The second-order valence-electron chi connectivity index (χ2n) is 5.48. The van der Waals surface area contributed by atoms with E-state index in [1.807, 2.05) is 0 Å². The van der Waals surface area contributed by atoms with Crippen LogP contribution in [0.4, 0.5) is 0 Å². The normalized spacial score (nSPS) is 19.0. The van der Waals surface area contributed by atoms with Gasteiger partial charge in [-0.15, -0.1) is 0 Å². The highest BCUT2D eigenvalue weighted by molar-refractivity contribution is 5.29. The third kappa shape index (κ3) is 2.58. The number of ether oxygens (including phenoxy) is 1. The van der Waals surface area contributed by atoms with Crippen LogP contribution in [0.2, 0.25) is 0 Å². The fourth-order valence-corrected chi connectivity index (χ4v) is 2.43. The first kappa shape index (κ1) is 11.5. The lowest BCUT2D eigenvalue weighted by molar-refractivity contribution is 0.0968. The highest BCUT2D eigenvalue weighted by Gasteiger charge is 2.30. The third-order valence-electron chi connectivity index (χ3n) is 3.57. The van der Waals surface area contributed by atoms with Gasteiger partial charge in [-0.2, -0.15) is 0 Å². The van der Waals surface area contributed by atoms with E-state index in [-0.39, 0.29) is 5.60 Å². The topological polar surface area (TPSA) is 9.23 Å². The second kappa shape index (κ2) is 4.48. The average Bonchev–Trinajstić information content (AvgIpc) is 2.65. The number of rotatable bonds is 3. The summed E-state index contributed by atoms with van der Waals surface area (Å²) in [6.07, 6.45) is 5.00. The van der Waals surface area contributed by atoms with Crippen molar-refractivity contribution in [3.8, 4) is 5.75 Å². The van der Waals surface area contributed by atoms with E-state index in [1.54, 1.807) is 0 Å². The molecule has 1 aromatic rings. The Morgan fingerprint density at radius 1 is 1.06 bits per heavy atom. The summed E-state index contributed by atoms with van der Waals surface area (Å²) in [5.41, 5.74) is 1.46.